The number of sulfonamides is 1. The van der Waals surface area contributed by atoms with Gasteiger partial charge in [0.05, 0.1) is 26.3 Å². The maximum atomic E-state index is 12.4. The fourth-order valence-electron chi connectivity index (χ4n) is 2.00. The van der Waals surface area contributed by atoms with Crippen LogP contribution in [-0.4, -0.2) is 20.9 Å². The lowest BCUT2D eigenvalue weighted by Crippen LogP contribution is -2.25. The zero-order valence-electron chi connectivity index (χ0n) is 11.5. The maximum absolute atomic E-state index is 12.4. The number of amides is 1. The van der Waals surface area contributed by atoms with Gasteiger partial charge in [0.1, 0.15) is 5.75 Å². The first-order valence-electron chi connectivity index (χ1n) is 6.40. The summed E-state index contributed by atoms with van der Waals surface area (Å²) in [6, 6.07) is 8.59. The molecule has 0 unspecified atom stereocenters. The summed E-state index contributed by atoms with van der Waals surface area (Å²) in [6.07, 6.45) is 0. The minimum absolute atomic E-state index is 0.0203. The van der Waals surface area contributed by atoms with Crippen molar-refractivity contribution in [2.24, 2.45) is 0 Å². The average Bonchev–Trinajstić information content (AvgIpc) is 2.50. The van der Waals surface area contributed by atoms with E-state index in [4.69, 9.17) is 27.9 Å². The van der Waals surface area contributed by atoms with Crippen LogP contribution in [0.5, 0.6) is 5.75 Å². The molecular formula is C14H10Cl2N2O4S. The van der Waals surface area contributed by atoms with Crippen molar-refractivity contribution in [3.05, 3.63) is 46.4 Å². The highest BCUT2D eigenvalue weighted by molar-refractivity contribution is 7.92. The highest BCUT2D eigenvalue weighted by Crippen LogP contribution is 2.31. The summed E-state index contributed by atoms with van der Waals surface area (Å²) in [7, 11) is -3.85. The standard InChI is InChI=1S/C14H10Cl2N2O4S/c15-10-3-1-8(5-11(10)16)18-23(20,21)9-2-4-13-12(6-9)17-14(19)7-22-13/h1-6,18H,7H2,(H,17,19). The Hall–Kier alpha value is -1.96. The predicted molar refractivity (Wildman–Crippen MR) is 87.8 cm³/mol. The van der Waals surface area contributed by atoms with E-state index in [0.717, 1.165) is 0 Å². The number of rotatable bonds is 3. The van der Waals surface area contributed by atoms with Crippen molar-refractivity contribution in [1.29, 1.82) is 0 Å². The van der Waals surface area contributed by atoms with Crippen LogP contribution in [0, 0.1) is 0 Å². The molecule has 0 aliphatic carbocycles. The summed E-state index contributed by atoms with van der Waals surface area (Å²) < 4.78 is 32.4. The van der Waals surface area contributed by atoms with E-state index in [9.17, 15) is 13.2 Å². The van der Waals surface area contributed by atoms with Gasteiger partial charge < -0.3 is 10.1 Å². The molecule has 1 amide bonds. The second kappa shape index (κ2) is 5.92. The minimum Gasteiger partial charge on any atom is -0.482 e. The largest absolute Gasteiger partial charge is 0.482 e. The number of hydrogen-bond donors (Lipinski definition) is 2. The monoisotopic (exact) mass is 372 g/mol. The van der Waals surface area contributed by atoms with Crippen molar-refractivity contribution in [1.82, 2.24) is 0 Å². The molecule has 0 spiro atoms. The lowest BCUT2D eigenvalue weighted by atomic mass is 10.2. The van der Waals surface area contributed by atoms with Gasteiger partial charge in [-0.05, 0) is 36.4 Å². The van der Waals surface area contributed by atoms with E-state index >= 15 is 0 Å². The van der Waals surface area contributed by atoms with Crippen LogP contribution in [0.4, 0.5) is 11.4 Å². The maximum Gasteiger partial charge on any atom is 0.262 e. The van der Waals surface area contributed by atoms with E-state index in [-0.39, 0.29) is 28.1 Å². The predicted octanol–water partition coefficient (Wildman–Crippen LogP) is 3.13. The summed E-state index contributed by atoms with van der Waals surface area (Å²) in [5.41, 5.74) is 0.579. The minimum atomic E-state index is -3.85. The van der Waals surface area contributed by atoms with Crippen LogP contribution in [-0.2, 0) is 14.8 Å². The van der Waals surface area contributed by atoms with Crippen LogP contribution in [0.2, 0.25) is 10.0 Å². The number of hydrogen-bond acceptors (Lipinski definition) is 4. The van der Waals surface area contributed by atoms with Gasteiger partial charge >= 0.3 is 0 Å². The number of carbonyl (C=O) groups is 1. The van der Waals surface area contributed by atoms with Gasteiger partial charge in [-0.3, -0.25) is 9.52 Å². The first kappa shape index (κ1) is 15.9. The number of benzene rings is 2. The molecule has 2 N–H and O–H groups in total. The van der Waals surface area contributed by atoms with Crippen molar-refractivity contribution in [3.8, 4) is 5.75 Å². The average molecular weight is 373 g/mol. The Morgan fingerprint density at radius 2 is 1.87 bits per heavy atom. The van der Waals surface area contributed by atoms with E-state index in [2.05, 4.69) is 10.0 Å². The lowest BCUT2D eigenvalue weighted by Gasteiger charge is -2.18. The molecule has 1 aliphatic heterocycles. The molecule has 0 aromatic heterocycles. The number of halogens is 2. The van der Waals surface area contributed by atoms with Gasteiger partial charge in [0.15, 0.2) is 6.61 Å². The summed E-state index contributed by atoms with van der Waals surface area (Å²) in [6.45, 7) is -0.0966. The molecule has 2 aromatic rings. The summed E-state index contributed by atoms with van der Waals surface area (Å²) in [5, 5.41) is 3.11. The van der Waals surface area contributed by atoms with Crippen molar-refractivity contribution >= 4 is 50.5 Å². The van der Waals surface area contributed by atoms with Crippen LogP contribution in [0.1, 0.15) is 0 Å². The Bertz CT molecular complexity index is 900. The first-order chi connectivity index (χ1) is 10.8. The molecule has 23 heavy (non-hydrogen) atoms. The molecule has 0 saturated carbocycles. The molecule has 0 radical (unpaired) electrons. The Labute approximate surface area is 142 Å². The third-order valence-corrected chi connectivity index (χ3v) is 5.18. The van der Waals surface area contributed by atoms with E-state index in [0.29, 0.717) is 16.5 Å². The third kappa shape index (κ3) is 3.36. The van der Waals surface area contributed by atoms with Gasteiger partial charge in [-0.2, -0.15) is 0 Å². The fraction of sp³-hybridized carbons (Fsp3) is 0.0714. The van der Waals surface area contributed by atoms with Gasteiger partial charge in [-0.25, -0.2) is 8.42 Å². The molecule has 1 aliphatic rings. The molecule has 9 heteroatoms. The number of carbonyl (C=O) groups excluding carboxylic acids is 1. The highest BCUT2D eigenvalue weighted by atomic mass is 35.5. The quantitative estimate of drug-likeness (QED) is 0.866. The zero-order valence-corrected chi connectivity index (χ0v) is 13.8. The number of fused-ring (bicyclic) bond motifs is 1. The van der Waals surface area contributed by atoms with Crippen LogP contribution in [0.3, 0.4) is 0 Å². The van der Waals surface area contributed by atoms with E-state index in [1.54, 1.807) is 0 Å². The van der Waals surface area contributed by atoms with Gasteiger partial charge in [-0.15, -0.1) is 0 Å². The molecule has 2 aromatic carbocycles. The molecule has 0 saturated heterocycles. The van der Waals surface area contributed by atoms with Gasteiger partial charge in [0, 0.05) is 0 Å². The normalized spacial score (nSPS) is 13.7. The summed E-state index contributed by atoms with van der Waals surface area (Å²) in [5.74, 6) is 0.0718. The fourth-order valence-corrected chi connectivity index (χ4v) is 3.38. The summed E-state index contributed by atoms with van der Waals surface area (Å²) in [4.78, 5) is 11.3. The van der Waals surface area contributed by atoms with E-state index in [1.165, 1.54) is 36.4 Å². The zero-order chi connectivity index (χ0) is 16.6. The lowest BCUT2D eigenvalue weighted by molar-refractivity contribution is -0.118. The van der Waals surface area contributed by atoms with Crippen molar-refractivity contribution < 1.29 is 17.9 Å². The molecular weight excluding hydrogens is 363 g/mol. The second-order valence-corrected chi connectivity index (χ2v) is 7.23. The summed E-state index contributed by atoms with van der Waals surface area (Å²) >= 11 is 11.7. The number of anilines is 2. The van der Waals surface area contributed by atoms with Crippen LogP contribution >= 0.6 is 23.2 Å². The molecule has 6 nitrogen and oxygen atoms in total. The van der Waals surface area contributed by atoms with Crippen LogP contribution in [0.15, 0.2) is 41.3 Å². The Morgan fingerprint density at radius 1 is 1.09 bits per heavy atom. The topological polar surface area (TPSA) is 84.5 Å². The first-order valence-corrected chi connectivity index (χ1v) is 8.64. The number of ether oxygens (including phenoxy) is 1. The van der Waals surface area contributed by atoms with Crippen molar-refractivity contribution in [2.75, 3.05) is 16.6 Å². The Kier molecular flexibility index (Phi) is 4.09. The van der Waals surface area contributed by atoms with Gasteiger partial charge in [-0.1, -0.05) is 23.2 Å². The van der Waals surface area contributed by atoms with Gasteiger partial charge in [0.25, 0.3) is 15.9 Å². The van der Waals surface area contributed by atoms with Crippen LogP contribution < -0.4 is 14.8 Å². The smallest absolute Gasteiger partial charge is 0.262 e. The Balaban J connectivity index is 1.92. The van der Waals surface area contributed by atoms with E-state index < -0.39 is 10.0 Å². The molecule has 3 rings (SSSR count). The Morgan fingerprint density at radius 3 is 2.61 bits per heavy atom. The van der Waals surface area contributed by atoms with E-state index in [1.807, 2.05) is 0 Å². The molecule has 1 heterocycles. The molecule has 120 valence electrons. The molecule has 0 bridgehead atoms. The molecule has 0 atom stereocenters. The highest BCUT2D eigenvalue weighted by Gasteiger charge is 2.21. The van der Waals surface area contributed by atoms with Crippen molar-refractivity contribution in [3.63, 3.8) is 0 Å². The van der Waals surface area contributed by atoms with Crippen LogP contribution in [0.25, 0.3) is 0 Å². The van der Waals surface area contributed by atoms with Gasteiger partial charge in [0.2, 0.25) is 0 Å². The molecule has 0 fully saturated rings. The third-order valence-electron chi connectivity index (χ3n) is 3.07. The number of nitrogens with one attached hydrogen (secondary N) is 2. The SMILES string of the molecule is O=C1COc2ccc(S(=O)(=O)Nc3ccc(Cl)c(Cl)c3)cc2N1. The van der Waals surface area contributed by atoms with Crippen molar-refractivity contribution in [2.45, 2.75) is 4.90 Å². The second-order valence-electron chi connectivity index (χ2n) is 4.73.